The van der Waals surface area contributed by atoms with Crippen molar-refractivity contribution in [2.45, 2.75) is 59.3 Å². The molecule has 0 radical (unpaired) electrons. The molecule has 3 aliphatic rings. The van der Waals surface area contributed by atoms with Crippen molar-refractivity contribution in [3.63, 3.8) is 0 Å². The molecule has 2 fully saturated rings. The molecule has 3 aliphatic carbocycles. The zero-order valence-electron chi connectivity index (χ0n) is 9.82. The van der Waals surface area contributed by atoms with E-state index >= 15 is 0 Å². The fourth-order valence-electron chi connectivity index (χ4n) is 4.54. The number of fused-ring (bicyclic) bond motifs is 1. The van der Waals surface area contributed by atoms with Crippen LogP contribution in [0.5, 0.6) is 0 Å². The molecule has 1 spiro atoms. The Morgan fingerprint density at radius 2 is 2.00 bits per heavy atom. The van der Waals surface area contributed by atoms with Gasteiger partial charge in [0.15, 0.2) is 0 Å². The Kier molecular flexibility index (Phi) is 1.58. The monoisotopic (exact) mass is 190 g/mol. The van der Waals surface area contributed by atoms with Gasteiger partial charge in [0.1, 0.15) is 0 Å². The first-order chi connectivity index (χ1) is 6.56. The van der Waals surface area contributed by atoms with E-state index in [1.165, 1.54) is 38.5 Å². The van der Waals surface area contributed by atoms with Crippen molar-refractivity contribution in [1.29, 1.82) is 0 Å². The van der Waals surface area contributed by atoms with E-state index in [1.54, 1.807) is 5.57 Å². The lowest BCUT2D eigenvalue weighted by Gasteiger charge is -2.42. The van der Waals surface area contributed by atoms with Crippen molar-refractivity contribution in [2.24, 2.45) is 16.7 Å². The van der Waals surface area contributed by atoms with Crippen LogP contribution in [0.25, 0.3) is 0 Å². The predicted molar refractivity (Wildman–Crippen MR) is 60.1 cm³/mol. The molecule has 0 aliphatic heterocycles. The van der Waals surface area contributed by atoms with Crippen LogP contribution in [0.4, 0.5) is 0 Å². The fraction of sp³-hybridized carbons (Fsp3) is 0.857. The lowest BCUT2D eigenvalue weighted by Crippen LogP contribution is -2.32. The van der Waals surface area contributed by atoms with E-state index in [4.69, 9.17) is 0 Å². The molecule has 3 rings (SSSR count). The number of hydrogen-bond acceptors (Lipinski definition) is 0. The van der Waals surface area contributed by atoms with Crippen molar-refractivity contribution in [3.8, 4) is 0 Å². The summed E-state index contributed by atoms with van der Waals surface area (Å²) in [4.78, 5) is 0. The van der Waals surface area contributed by atoms with E-state index in [2.05, 4.69) is 20.8 Å². The van der Waals surface area contributed by atoms with Crippen molar-refractivity contribution < 1.29 is 0 Å². The van der Waals surface area contributed by atoms with Gasteiger partial charge in [0.25, 0.3) is 0 Å². The van der Waals surface area contributed by atoms with Crippen molar-refractivity contribution in [1.82, 2.24) is 0 Å². The normalized spacial score (nSPS) is 44.4. The van der Waals surface area contributed by atoms with Crippen LogP contribution in [0.3, 0.4) is 0 Å². The third kappa shape index (κ3) is 0.857. The van der Waals surface area contributed by atoms with Crippen LogP contribution in [-0.2, 0) is 0 Å². The third-order valence-corrected chi connectivity index (χ3v) is 5.77. The Labute approximate surface area is 87.8 Å². The standard InChI is InChI=1S/C14H22/c1-10-12-5-4-7-14(12)8-6-11(9-14)13(10,2)3/h11H,4-9H2,1-3H3/t11-,14+/m1/s1. The molecule has 0 aromatic carbocycles. The highest BCUT2D eigenvalue weighted by molar-refractivity contribution is 5.35. The van der Waals surface area contributed by atoms with E-state index in [1.807, 2.05) is 5.57 Å². The fourth-order valence-corrected chi connectivity index (χ4v) is 4.54. The number of hydrogen-bond donors (Lipinski definition) is 0. The highest BCUT2D eigenvalue weighted by Crippen LogP contribution is 2.65. The summed E-state index contributed by atoms with van der Waals surface area (Å²) in [5.74, 6) is 0.990. The Bertz CT molecular complexity index is 308. The zero-order chi connectivity index (χ0) is 9.97. The van der Waals surface area contributed by atoms with Crippen LogP contribution in [0, 0.1) is 16.7 Å². The summed E-state index contributed by atoms with van der Waals surface area (Å²) in [5.41, 5.74) is 4.88. The molecular formula is C14H22. The van der Waals surface area contributed by atoms with E-state index in [0.29, 0.717) is 10.8 Å². The summed E-state index contributed by atoms with van der Waals surface area (Å²) in [6.45, 7) is 7.38. The Morgan fingerprint density at radius 1 is 1.21 bits per heavy atom. The van der Waals surface area contributed by atoms with Gasteiger partial charge in [-0.1, -0.05) is 25.0 Å². The van der Waals surface area contributed by atoms with E-state index in [-0.39, 0.29) is 0 Å². The highest BCUT2D eigenvalue weighted by Gasteiger charge is 2.53. The largest absolute Gasteiger partial charge is 0.0676 e. The summed E-state index contributed by atoms with van der Waals surface area (Å²) < 4.78 is 0. The summed E-state index contributed by atoms with van der Waals surface area (Å²) in [7, 11) is 0. The smallest absolute Gasteiger partial charge is 0.00821 e. The number of allylic oxidation sites excluding steroid dienone is 2. The van der Waals surface area contributed by atoms with Gasteiger partial charge in [0.2, 0.25) is 0 Å². The molecule has 0 aromatic heterocycles. The molecule has 78 valence electrons. The topological polar surface area (TPSA) is 0 Å². The Morgan fingerprint density at radius 3 is 2.79 bits per heavy atom. The van der Waals surface area contributed by atoms with Crippen molar-refractivity contribution >= 4 is 0 Å². The van der Waals surface area contributed by atoms with Gasteiger partial charge in [-0.25, -0.2) is 0 Å². The summed E-state index contributed by atoms with van der Waals surface area (Å²) >= 11 is 0. The first-order valence-corrected chi connectivity index (χ1v) is 6.27. The second-order valence-corrected chi connectivity index (χ2v) is 6.40. The molecule has 2 bridgehead atoms. The van der Waals surface area contributed by atoms with Crippen molar-refractivity contribution in [3.05, 3.63) is 11.1 Å². The second-order valence-electron chi connectivity index (χ2n) is 6.40. The molecule has 0 N–H and O–H groups in total. The number of rotatable bonds is 0. The average Bonchev–Trinajstić information content (AvgIpc) is 2.71. The van der Waals surface area contributed by atoms with Crippen LogP contribution in [0.15, 0.2) is 11.1 Å². The minimum absolute atomic E-state index is 0.514. The summed E-state index contributed by atoms with van der Waals surface area (Å²) in [5, 5.41) is 0. The maximum absolute atomic E-state index is 2.48. The van der Waals surface area contributed by atoms with E-state index < -0.39 is 0 Å². The maximum atomic E-state index is 2.48. The van der Waals surface area contributed by atoms with Gasteiger partial charge in [0.05, 0.1) is 0 Å². The minimum Gasteiger partial charge on any atom is -0.0676 e. The van der Waals surface area contributed by atoms with Gasteiger partial charge in [-0.15, -0.1) is 0 Å². The molecule has 0 nitrogen and oxygen atoms in total. The molecule has 2 atom stereocenters. The summed E-state index contributed by atoms with van der Waals surface area (Å²) in [6, 6.07) is 0. The molecule has 0 amide bonds. The van der Waals surface area contributed by atoms with Gasteiger partial charge in [0, 0.05) is 0 Å². The lowest BCUT2D eigenvalue weighted by molar-refractivity contribution is 0.213. The highest BCUT2D eigenvalue weighted by atomic mass is 14.6. The quantitative estimate of drug-likeness (QED) is 0.499. The lowest BCUT2D eigenvalue weighted by atomic mass is 9.62. The van der Waals surface area contributed by atoms with Gasteiger partial charge >= 0.3 is 0 Å². The first-order valence-electron chi connectivity index (χ1n) is 6.27. The van der Waals surface area contributed by atoms with Crippen LogP contribution < -0.4 is 0 Å². The van der Waals surface area contributed by atoms with E-state index in [9.17, 15) is 0 Å². The molecule has 0 aromatic rings. The van der Waals surface area contributed by atoms with Crippen LogP contribution in [0.1, 0.15) is 59.3 Å². The molecule has 14 heavy (non-hydrogen) atoms. The first kappa shape index (κ1) is 9.00. The molecule has 0 unspecified atom stereocenters. The molecular weight excluding hydrogens is 168 g/mol. The zero-order valence-corrected chi connectivity index (χ0v) is 9.82. The molecule has 0 heterocycles. The SMILES string of the molecule is CC1=C2CCC[C@@]23CC[C@H](C3)C1(C)C. The molecule has 0 heteroatoms. The van der Waals surface area contributed by atoms with Gasteiger partial charge in [-0.05, 0) is 62.2 Å². The Hall–Kier alpha value is -0.260. The van der Waals surface area contributed by atoms with Crippen LogP contribution >= 0.6 is 0 Å². The van der Waals surface area contributed by atoms with E-state index in [0.717, 1.165) is 5.92 Å². The minimum atomic E-state index is 0.514. The second kappa shape index (κ2) is 2.46. The van der Waals surface area contributed by atoms with Crippen LogP contribution in [-0.4, -0.2) is 0 Å². The molecule has 2 saturated carbocycles. The third-order valence-electron chi connectivity index (χ3n) is 5.77. The summed E-state index contributed by atoms with van der Waals surface area (Å²) in [6.07, 6.45) is 8.91. The van der Waals surface area contributed by atoms with Gasteiger partial charge in [-0.2, -0.15) is 0 Å². The van der Waals surface area contributed by atoms with Crippen LogP contribution in [0.2, 0.25) is 0 Å². The predicted octanol–water partition coefficient (Wildman–Crippen LogP) is 4.31. The van der Waals surface area contributed by atoms with Gasteiger partial charge < -0.3 is 0 Å². The molecule has 0 saturated heterocycles. The Balaban J connectivity index is 2.17. The van der Waals surface area contributed by atoms with Crippen molar-refractivity contribution in [2.75, 3.05) is 0 Å². The van der Waals surface area contributed by atoms with Gasteiger partial charge in [-0.3, -0.25) is 0 Å². The average molecular weight is 190 g/mol. The maximum Gasteiger partial charge on any atom is -0.00821 e.